The summed E-state index contributed by atoms with van der Waals surface area (Å²) in [6.45, 7) is 3.75. The van der Waals surface area contributed by atoms with Crippen LogP contribution < -0.4 is 9.64 Å². The number of thiazole rings is 1. The second-order valence-electron chi connectivity index (χ2n) is 6.79. The molecule has 2 heterocycles. The molecular formula is C22H20Cl2N4O2S. The van der Waals surface area contributed by atoms with Gasteiger partial charge in [-0.2, -0.15) is 0 Å². The quantitative estimate of drug-likeness (QED) is 0.317. The fourth-order valence-electron chi connectivity index (χ4n) is 3.19. The first-order chi connectivity index (χ1) is 15.0. The molecule has 0 aliphatic heterocycles. The number of ether oxygens (including phenoxy) is 1. The van der Waals surface area contributed by atoms with E-state index in [2.05, 4.69) is 4.98 Å². The molecule has 0 atom stereocenters. The van der Waals surface area contributed by atoms with Crippen molar-refractivity contribution < 1.29 is 9.53 Å². The highest BCUT2D eigenvalue weighted by atomic mass is 35.5. The number of aromatic nitrogens is 3. The molecule has 160 valence electrons. The van der Waals surface area contributed by atoms with Gasteiger partial charge in [0, 0.05) is 30.5 Å². The van der Waals surface area contributed by atoms with E-state index in [9.17, 15) is 4.79 Å². The summed E-state index contributed by atoms with van der Waals surface area (Å²) in [6, 6.07) is 10.6. The Morgan fingerprint density at radius 2 is 2.10 bits per heavy atom. The molecule has 0 spiro atoms. The molecular weight excluding hydrogens is 455 g/mol. The number of imidazole rings is 1. The number of nitrogens with zero attached hydrogens (tertiary/aromatic N) is 4. The average Bonchev–Trinajstić information content (AvgIpc) is 3.40. The Bertz CT molecular complexity index is 1190. The minimum Gasteiger partial charge on any atom is -0.494 e. The lowest BCUT2D eigenvalue weighted by Crippen LogP contribution is -2.32. The molecule has 2 aromatic carbocycles. The number of benzene rings is 2. The third kappa shape index (κ3) is 5.01. The Morgan fingerprint density at radius 3 is 2.84 bits per heavy atom. The topological polar surface area (TPSA) is 60.2 Å². The van der Waals surface area contributed by atoms with Gasteiger partial charge in [0.2, 0.25) is 0 Å². The van der Waals surface area contributed by atoms with E-state index in [0.717, 1.165) is 28.9 Å². The van der Waals surface area contributed by atoms with Gasteiger partial charge in [0.1, 0.15) is 5.75 Å². The van der Waals surface area contributed by atoms with Crippen LogP contribution in [0.3, 0.4) is 0 Å². The normalized spacial score (nSPS) is 11.1. The summed E-state index contributed by atoms with van der Waals surface area (Å²) in [5.74, 6) is 0.570. The Labute approximate surface area is 194 Å². The fourth-order valence-corrected chi connectivity index (χ4v) is 4.70. The molecule has 0 aliphatic rings. The van der Waals surface area contributed by atoms with E-state index < -0.39 is 0 Å². The lowest BCUT2D eigenvalue weighted by molar-refractivity contribution is 0.0986. The number of anilines is 1. The van der Waals surface area contributed by atoms with Crippen LogP contribution in [0.4, 0.5) is 5.13 Å². The molecule has 0 N–H and O–H groups in total. The maximum absolute atomic E-state index is 13.4. The predicted molar refractivity (Wildman–Crippen MR) is 126 cm³/mol. The molecule has 0 saturated carbocycles. The summed E-state index contributed by atoms with van der Waals surface area (Å²) in [4.78, 5) is 23.9. The summed E-state index contributed by atoms with van der Waals surface area (Å²) < 4.78 is 8.52. The molecule has 0 saturated heterocycles. The van der Waals surface area contributed by atoms with E-state index in [1.165, 1.54) is 11.3 Å². The van der Waals surface area contributed by atoms with Crippen LogP contribution in [-0.2, 0) is 6.54 Å². The van der Waals surface area contributed by atoms with E-state index in [1.807, 2.05) is 35.9 Å². The highest BCUT2D eigenvalue weighted by Crippen LogP contribution is 2.33. The van der Waals surface area contributed by atoms with Gasteiger partial charge in [-0.15, -0.1) is 0 Å². The first kappa shape index (κ1) is 21.6. The number of fused-ring (bicyclic) bond motifs is 1. The van der Waals surface area contributed by atoms with Crippen LogP contribution in [0.2, 0.25) is 10.0 Å². The van der Waals surface area contributed by atoms with Crippen molar-refractivity contribution in [3.63, 3.8) is 0 Å². The summed E-state index contributed by atoms with van der Waals surface area (Å²) in [7, 11) is 0. The van der Waals surface area contributed by atoms with Gasteiger partial charge < -0.3 is 9.30 Å². The molecule has 2 aromatic heterocycles. The Balaban J connectivity index is 1.65. The van der Waals surface area contributed by atoms with Crippen LogP contribution in [-0.4, -0.2) is 33.6 Å². The second-order valence-corrected chi connectivity index (χ2v) is 8.65. The standard InChI is InChI=1S/C22H20Cl2N4O2S/c1-2-30-16-5-7-19-20(13-16)31-22(26-19)28(10-3-9-27-11-8-25-14-27)21(29)17-6-4-15(23)12-18(17)24/h4-8,11-14H,2-3,9-10H2,1H3. The van der Waals surface area contributed by atoms with Crippen molar-refractivity contribution in [2.24, 2.45) is 0 Å². The molecule has 0 radical (unpaired) electrons. The van der Waals surface area contributed by atoms with Crippen molar-refractivity contribution in [1.82, 2.24) is 14.5 Å². The van der Waals surface area contributed by atoms with Crippen molar-refractivity contribution in [1.29, 1.82) is 0 Å². The van der Waals surface area contributed by atoms with E-state index in [0.29, 0.717) is 33.9 Å². The zero-order valence-corrected chi connectivity index (χ0v) is 19.1. The summed E-state index contributed by atoms with van der Waals surface area (Å²) in [5.41, 5.74) is 1.21. The molecule has 0 aliphatic carbocycles. The van der Waals surface area contributed by atoms with Gasteiger partial charge in [-0.25, -0.2) is 9.97 Å². The predicted octanol–water partition coefficient (Wildman–Crippen LogP) is 5.94. The van der Waals surface area contributed by atoms with Crippen LogP contribution in [0.5, 0.6) is 5.75 Å². The van der Waals surface area contributed by atoms with Gasteiger partial charge in [-0.3, -0.25) is 9.69 Å². The number of carbonyl (C=O) groups excluding carboxylic acids is 1. The largest absolute Gasteiger partial charge is 0.494 e. The zero-order valence-electron chi connectivity index (χ0n) is 16.8. The molecule has 0 unspecified atom stereocenters. The average molecular weight is 475 g/mol. The number of aryl methyl sites for hydroxylation is 1. The van der Waals surface area contributed by atoms with Crippen LogP contribution in [0.25, 0.3) is 10.2 Å². The van der Waals surface area contributed by atoms with E-state index in [-0.39, 0.29) is 5.91 Å². The van der Waals surface area contributed by atoms with Gasteiger partial charge in [0.15, 0.2) is 5.13 Å². The number of amides is 1. The molecule has 6 nitrogen and oxygen atoms in total. The smallest absolute Gasteiger partial charge is 0.261 e. The summed E-state index contributed by atoms with van der Waals surface area (Å²) in [6.07, 6.45) is 6.12. The minimum atomic E-state index is -0.212. The SMILES string of the molecule is CCOc1ccc2nc(N(CCCn3ccnc3)C(=O)c3ccc(Cl)cc3Cl)sc2c1. The van der Waals surface area contributed by atoms with Gasteiger partial charge in [0.25, 0.3) is 5.91 Å². The Hall–Kier alpha value is -2.61. The van der Waals surface area contributed by atoms with E-state index in [1.54, 1.807) is 35.6 Å². The first-order valence-corrected chi connectivity index (χ1v) is 11.4. The maximum Gasteiger partial charge on any atom is 0.261 e. The summed E-state index contributed by atoms with van der Waals surface area (Å²) in [5, 5.41) is 1.42. The van der Waals surface area contributed by atoms with Gasteiger partial charge >= 0.3 is 0 Å². The van der Waals surface area contributed by atoms with E-state index >= 15 is 0 Å². The molecule has 4 aromatic rings. The van der Waals surface area contributed by atoms with Crippen molar-refractivity contribution in [3.8, 4) is 5.75 Å². The lowest BCUT2D eigenvalue weighted by Gasteiger charge is -2.20. The number of halogens is 2. The number of hydrogen-bond acceptors (Lipinski definition) is 5. The van der Waals surface area contributed by atoms with Crippen LogP contribution in [0.15, 0.2) is 55.1 Å². The number of carbonyl (C=O) groups is 1. The molecule has 1 amide bonds. The number of rotatable bonds is 8. The van der Waals surface area contributed by atoms with Crippen molar-refractivity contribution >= 4 is 55.8 Å². The van der Waals surface area contributed by atoms with Gasteiger partial charge in [-0.1, -0.05) is 34.5 Å². The highest BCUT2D eigenvalue weighted by Gasteiger charge is 2.23. The third-order valence-corrected chi connectivity index (χ3v) is 6.24. The van der Waals surface area contributed by atoms with Crippen LogP contribution in [0.1, 0.15) is 23.7 Å². The Kier molecular flexibility index (Phi) is 6.75. The monoisotopic (exact) mass is 474 g/mol. The zero-order chi connectivity index (χ0) is 21.8. The fraction of sp³-hybridized carbons (Fsp3) is 0.227. The molecule has 0 fully saturated rings. The van der Waals surface area contributed by atoms with Gasteiger partial charge in [-0.05, 0) is 49.7 Å². The second kappa shape index (κ2) is 9.68. The molecule has 0 bridgehead atoms. The minimum absolute atomic E-state index is 0.212. The van der Waals surface area contributed by atoms with Crippen LogP contribution >= 0.6 is 34.5 Å². The first-order valence-electron chi connectivity index (χ1n) is 9.81. The molecule has 4 rings (SSSR count). The van der Waals surface area contributed by atoms with Crippen molar-refractivity contribution in [2.75, 3.05) is 18.1 Å². The van der Waals surface area contributed by atoms with Crippen molar-refractivity contribution in [3.05, 3.63) is 70.7 Å². The third-order valence-electron chi connectivity index (χ3n) is 4.65. The van der Waals surface area contributed by atoms with E-state index in [4.69, 9.17) is 32.9 Å². The lowest BCUT2D eigenvalue weighted by atomic mass is 10.2. The molecule has 9 heteroatoms. The highest BCUT2D eigenvalue weighted by molar-refractivity contribution is 7.22. The van der Waals surface area contributed by atoms with Gasteiger partial charge in [0.05, 0.1) is 33.7 Å². The number of hydrogen-bond donors (Lipinski definition) is 0. The molecule has 31 heavy (non-hydrogen) atoms. The van der Waals surface area contributed by atoms with Crippen LogP contribution in [0, 0.1) is 0 Å². The van der Waals surface area contributed by atoms with Crippen molar-refractivity contribution in [2.45, 2.75) is 19.9 Å². The summed E-state index contributed by atoms with van der Waals surface area (Å²) >= 11 is 13.8. The Morgan fingerprint density at radius 1 is 1.23 bits per heavy atom. The maximum atomic E-state index is 13.4.